The normalized spacial score (nSPS) is 22.3. The number of aromatic nitrogens is 3. The van der Waals surface area contributed by atoms with E-state index in [2.05, 4.69) is 43.3 Å². The molecule has 0 radical (unpaired) electrons. The van der Waals surface area contributed by atoms with E-state index < -0.39 is 0 Å². The van der Waals surface area contributed by atoms with Crippen molar-refractivity contribution in [1.29, 1.82) is 0 Å². The first kappa shape index (κ1) is 13.7. The molecule has 6 heteroatoms. The topological polar surface area (TPSA) is 63.8 Å². The summed E-state index contributed by atoms with van der Waals surface area (Å²) in [6.07, 6.45) is 5.22. The SMILES string of the molecule is CCNC1CCCC1c1nc(-c2ccc(Br)cn2)no1. The third-order valence-electron chi connectivity index (χ3n) is 3.70. The van der Waals surface area contributed by atoms with Gasteiger partial charge in [0, 0.05) is 16.7 Å². The van der Waals surface area contributed by atoms with Crippen molar-refractivity contribution in [3.8, 4) is 11.5 Å². The summed E-state index contributed by atoms with van der Waals surface area (Å²) in [5.74, 6) is 1.62. The molecular formula is C14H17BrN4O. The number of nitrogens with one attached hydrogen (secondary N) is 1. The molecule has 1 saturated carbocycles. The number of halogens is 1. The Balaban J connectivity index is 1.81. The average Bonchev–Trinajstić information content (AvgIpc) is 3.08. The first-order valence-electron chi connectivity index (χ1n) is 6.97. The van der Waals surface area contributed by atoms with Crippen LogP contribution in [0.5, 0.6) is 0 Å². The Kier molecular flexibility index (Phi) is 4.12. The number of likely N-dealkylation sites (N-methyl/N-ethyl adjacent to an activating group) is 1. The molecular weight excluding hydrogens is 320 g/mol. The van der Waals surface area contributed by atoms with Crippen LogP contribution in [0.15, 0.2) is 27.3 Å². The molecule has 20 heavy (non-hydrogen) atoms. The monoisotopic (exact) mass is 336 g/mol. The van der Waals surface area contributed by atoms with E-state index in [4.69, 9.17) is 4.52 Å². The van der Waals surface area contributed by atoms with E-state index >= 15 is 0 Å². The molecule has 2 unspecified atom stereocenters. The Hall–Kier alpha value is -1.27. The van der Waals surface area contributed by atoms with Crippen LogP contribution in [0.2, 0.25) is 0 Å². The van der Waals surface area contributed by atoms with E-state index in [0.29, 0.717) is 17.8 Å². The summed E-state index contributed by atoms with van der Waals surface area (Å²) in [7, 11) is 0. The molecule has 2 atom stereocenters. The van der Waals surface area contributed by atoms with Crippen molar-refractivity contribution in [3.63, 3.8) is 0 Å². The zero-order chi connectivity index (χ0) is 13.9. The average molecular weight is 337 g/mol. The molecule has 106 valence electrons. The molecule has 5 nitrogen and oxygen atoms in total. The van der Waals surface area contributed by atoms with Gasteiger partial charge in [-0.15, -0.1) is 0 Å². The summed E-state index contributed by atoms with van der Waals surface area (Å²) >= 11 is 3.37. The van der Waals surface area contributed by atoms with Crippen LogP contribution < -0.4 is 5.32 Å². The number of pyridine rings is 1. The molecule has 3 rings (SSSR count). The number of hydrogen-bond acceptors (Lipinski definition) is 5. The summed E-state index contributed by atoms with van der Waals surface area (Å²) in [5.41, 5.74) is 0.737. The zero-order valence-electron chi connectivity index (χ0n) is 11.3. The highest BCUT2D eigenvalue weighted by atomic mass is 79.9. The minimum Gasteiger partial charge on any atom is -0.339 e. The maximum Gasteiger partial charge on any atom is 0.231 e. The smallest absolute Gasteiger partial charge is 0.231 e. The first-order chi connectivity index (χ1) is 9.78. The van der Waals surface area contributed by atoms with Gasteiger partial charge in [0.1, 0.15) is 5.69 Å². The van der Waals surface area contributed by atoms with Crippen molar-refractivity contribution in [2.75, 3.05) is 6.54 Å². The van der Waals surface area contributed by atoms with Gasteiger partial charge in [-0.05, 0) is 47.4 Å². The van der Waals surface area contributed by atoms with Gasteiger partial charge in [-0.1, -0.05) is 18.5 Å². The first-order valence-corrected chi connectivity index (χ1v) is 7.76. The largest absolute Gasteiger partial charge is 0.339 e. The minimum absolute atomic E-state index is 0.326. The lowest BCUT2D eigenvalue weighted by molar-refractivity contribution is 0.332. The molecule has 0 saturated heterocycles. The molecule has 0 aliphatic heterocycles. The fourth-order valence-electron chi connectivity index (χ4n) is 2.76. The Labute approximate surface area is 126 Å². The molecule has 0 aromatic carbocycles. The summed E-state index contributed by atoms with van der Waals surface area (Å²) in [4.78, 5) is 8.83. The van der Waals surface area contributed by atoms with Crippen LogP contribution in [0.3, 0.4) is 0 Å². The molecule has 1 aliphatic rings. The molecule has 1 fully saturated rings. The van der Waals surface area contributed by atoms with Gasteiger partial charge >= 0.3 is 0 Å². The summed E-state index contributed by atoms with van der Waals surface area (Å²) in [5, 5.41) is 7.56. The van der Waals surface area contributed by atoms with Crippen LogP contribution in [0.4, 0.5) is 0 Å². The highest BCUT2D eigenvalue weighted by Crippen LogP contribution is 2.34. The van der Waals surface area contributed by atoms with Gasteiger partial charge in [-0.25, -0.2) is 0 Å². The van der Waals surface area contributed by atoms with Crippen LogP contribution in [0, 0.1) is 0 Å². The predicted molar refractivity (Wildman–Crippen MR) is 79.3 cm³/mol. The van der Waals surface area contributed by atoms with Crippen molar-refractivity contribution in [2.45, 2.75) is 38.1 Å². The fraction of sp³-hybridized carbons (Fsp3) is 0.500. The van der Waals surface area contributed by atoms with E-state index in [1.165, 1.54) is 12.8 Å². The van der Waals surface area contributed by atoms with Crippen molar-refractivity contribution >= 4 is 15.9 Å². The Bertz CT molecular complexity index is 569. The molecule has 0 bridgehead atoms. The van der Waals surface area contributed by atoms with Gasteiger partial charge in [0.2, 0.25) is 11.7 Å². The highest BCUT2D eigenvalue weighted by molar-refractivity contribution is 9.10. The van der Waals surface area contributed by atoms with Gasteiger partial charge in [-0.2, -0.15) is 4.98 Å². The van der Waals surface area contributed by atoms with Gasteiger partial charge in [0.25, 0.3) is 0 Å². The molecule has 2 heterocycles. The molecule has 1 aliphatic carbocycles. The van der Waals surface area contributed by atoms with Gasteiger partial charge in [-0.3, -0.25) is 4.98 Å². The second-order valence-corrected chi connectivity index (χ2v) is 5.94. The van der Waals surface area contributed by atoms with Gasteiger partial charge < -0.3 is 9.84 Å². The lowest BCUT2D eigenvalue weighted by Crippen LogP contribution is -2.31. The van der Waals surface area contributed by atoms with Crippen LogP contribution in [-0.2, 0) is 0 Å². The Morgan fingerprint density at radius 3 is 3.05 bits per heavy atom. The number of nitrogens with zero attached hydrogens (tertiary/aromatic N) is 3. The molecule has 0 amide bonds. The van der Waals surface area contributed by atoms with Crippen LogP contribution in [-0.4, -0.2) is 27.7 Å². The zero-order valence-corrected chi connectivity index (χ0v) is 12.9. The fourth-order valence-corrected chi connectivity index (χ4v) is 2.99. The Morgan fingerprint density at radius 2 is 2.30 bits per heavy atom. The standard InChI is InChI=1S/C14H17BrN4O/c1-2-16-11-5-3-4-10(11)14-18-13(19-20-14)12-7-6-9(15)8-17-12/h6-8,10-11,16H,2-5H2,1H3. The van der Waals surface area contributed by atoms with Crippen LogP contribution >= 0.6 is 15.9 Å². The molecule has 2 aromatic rings. The van der Waals surface area contributed by atoms with Crippen molar-refractivity contribution in [1.82, 2.24) is 20.4 Å². The van der Waals surface area contributed by atoms with E-state index in [0.717, 1.165) is 29.0 Å². The molecule has 0 spiro atoms. The Morgan fingerprint density at radius 1 is 1.40 bits per heavy atom. The summed E-state index contributed by atoms with van der Waals surface area (Å²) in [6.45, 7) is 3.09. The minimum atomic E-state index is 0.326. The van der Waals surface area contributed by atoms with E-state index in [1.807, 2.05) is 12.1 Å². The van der Waals surface area contributed by atoms with E-state index in [1.54, 1.807) is 6.20 Å². The predicted octanol–water partition coefficient (Wildman–Crippen LogP) is 3.14. The third-order valence-corrected chi connectivity index (χ3v) is 4.17. The number of rotatable bonds is 4. The summed E-state index contributed by atoms with van der Waals surface area (Å²) < 4.78 is 6.39. The lowest BCUT2D eigenvalue weighted by Gasteiger charge is -2.16. The van der Waals surface area contributed by atoms with Crippen molar-refractivity contribution < 1.29 is 4.52 Å². The highest BCUT2D eigenvalue weighted by Gasteiger charge is 2.32. The second-order valence-electron chi connectivity index (χ2n) is 5.02. The molecule has 1 N–H and O–H groups in total. The van der Waals surface area contributed by atoms with Crippen molar-refractivity contribution in [3.05, 3.63) is 28.7 Å². The van der Waals surface area contributed by atoms with Crippen LogP contribution in [0.1, 0.15) is 38.0 Å². The summed E-state index contributed by atoms with van der Waals surface area (Å²) in [6, 6.07) is 4.26. The van der Waals surface area contributed by atoms with Crippen molar-refractivity contribution in [2.24, 2.45) is 0 Å². The lowest BCUT2D eigenvalue weighted by atomic mass is 10.0. The number of hydrogen-bond donors (Lipinski definition) is 1. The van der Waals surface area contributed by atoms with Gasteiger partial charge in [0.15, 0.2) is 0 Å². The van der Waals surface area contributed by atoms with E-state index in [-0.39, 0.29) is 0 Å². The van der Waals surface area contributed by atoms with Gasteiger partial charge in [0.05, 0.1) is 5.92 Å². The van der Waals surface area contributed by atoms with E-state index in [9.17, 15) is 0 Å². The van der Waals surface area contributed by atoms with Crippen LogP contribution in [0.25, 0.3) is 11.5 Å². The second kappa shape index (κ2) is 6.01. The maximum absolute atomic E-state index is 5.46. The third kappa shape index (κ3) is 2.76. The quantitative estimate of drug-likeness (QED) is 0.929. The maximum atomic E-state index is 5.46. The molecule has 2 aromatic heterocycles.